The second-order valence-electron chi connectivity index (χ2n) is 6.56. The van der Waals surface area contributed by atoms with E-state index in [9.17, 15) is 19.8 Å². The molecule has 2 aromatic carbocycles. The van der Waals surface area contributed by atoms with E-state index in [0.29, 0.717) is 15.8 Å². The molecule has 3 rings (SSSR count). The van der Waals surface area contributed by atoms with Crippen molar-refractivity contribution in [2.45, 2.75) is 12.8 Å². The zero-order valence-corrected chi connectivity index (χ0v) is 17.2. The molecular weight excluding hydrogens is 412 g/mol. The van der Waals surface area contributed by atoms with Crippen LogP contribution in [0.25, 0.3) is 11.3 Å². The van der Waals surface area contributed by atoms with Gasteiger partial charge in [-0.3, -0.25) is 14.5 Å². The molecule has 0 aliphatic rings. The molecule has 1 atom stereocenters. The molecule has 1 heterocycles. The number of carboxylic acid groups (broad SMARTS) is 1. The molecule has 3 aromatic rings. The molecule has 0 radical (unpaired) electrons. The lowest BCUT2D eigenvalue weighted by atomic mass is 9.95. The van der Waals surface area contributed by atoms with Gasteiger partial charge in [0, 0.05) is 23.0 Å². The van der Waals surface area contributed by atoms with Crippen LogP contribution < -0.4 is 4.90 Å². The summed E-state index contributed by atoms with van der Waals surface area (Å²) in [6.45, 7) is 0. The van der Waals surface area contributed by atoms with E-state index < -0.39 is 11.9 Å². The predicted molar refractivity (Wildman–Crippen MR) is 114 cm³/mol. The fraction of sp³-hybridized carbons (Fsp3) is 0.190. The lowest BCUT2D eigenvalue weighted by Gasteiger charge is -2.21. The summed E-state index contributed by atoms with van der Waals surface area (Å²) in [5.74, 6) is -2.02. The monoisotopic (exact) mass is 430 g/mol. The third kappa shape index (κ3) is 5.13. The van der Waals surface area contributed by atoms with Gasteiger partial charge in [0.2, 0.25) is 5.91 Å². The van der Waals surface area contributed by atoms with Crippen LogP contribution in [0.4, 0.5) is 5.13 Å². The minimum absolute atomic E-state index is 0.113. The number of hydrogen-bond donors (Lipinski definition) is 2. The summed E-state index contributed by atoms with van der Waals surface area (Å²) < 4.78 is 0. The summed E-state index contributed by atoms with van der Waals surface area (Å²) in [5.41, 5.74) is 2.19. The number of thiazole rings is 1. The zero-order valence-electron chi connectivity index (χ0n) is 15.6. The Kier molecular flexibility index (Phi) is 6.51. The Morgan fingerprint density at radius 2 is 1.86 bits per heavy atom. The number of nitrogens with zero attached hydrogens (tertiary/aromatic N) is 2. The highest BCUT2D eigenvalue weighted by Gasteiger charge is 2.27. The van der Waals surface area contributed by atoms with Crippen LogP contribution in [0, 0.1) is 5.92 Å². The highest BCUT2D eigenvalue weighted by Crippen LogP contribution is 2.32. The second-order valence-corrected chi connectivity index (χ2v) is 7.80. The van der Waals surface area contributed by atoms with Gasteiger partial charge in [-0.25, -0.2) is 4.98 Å². The summed E-state index contributed by atoms with van der Waals surface area (Å²) in [6.07, 6.45) is -0.0503. The van der Waals surface area contributed by atoms with Crippen molar-refractivity contribution < 1.29 is 19.8 Å². The number of carbonyl (C=O) groups excluding carboxylic acids is 1. The first-order chi connectivity index (χ1) is 13.8. The van der Waals surface area contributed by atoms with Crippen molar-refractivity contribution in [2.75, 3.05) is 11.9 Å². The van der Waals surface area contributed by atoms with Gasteiger partial charge in [-0.15, -0.1) is 11.3 Å². The normalized spacial score (nSPS) is 11.8. The van der Waals surface area contributed by atoms with Gasteiger partial charge in [0.1, 0.15) is 5.75 Å². The molecule has 0 saturated carbocycles. The van der Waals surface area contributed by atoms with Gasteiger partial charge in [-0.05, 0) is 30.2 Å². The molecule has 8 heteroatoms. The number of benzene rings is 2. The summed E-state index contributed by atoms with van der Waals surface area (Å²) in [5, 5.41) is 21.5. The van der Waals surface area contributed by atoms with E-state index >= 15 is 0 Å². The highest BCUT2D eigenvalue weighted by molar-refractivity contribution is 7.14. The van der Waals surface area contributed by atoms with E-state index in [1.807, 2.05) is 23.6 Å². The number of hydrogen-bond acceptors (Lipinski definition) is 5. The number of carbonyl (C=O) groups is 2. The van der Waals surface area contributed by atoms with Crippen molar-refractivity contribution in [2.24, 2.45) is 5.92 Å². The number of phenolic OH excluding ortho intramolecular Hbond substituents is 1. The first kappa shape index (κ1) is 20.8. The number of rotatable bonds is 7. The lowest BCUT2D eigenvalue weighted by molar-refractivity contribution is -0.140. The average Bonchev–Trinajstić information content (AvgIpc) is 3.18. The largest absolute Gasteiger partial charge is 0.508 e. The predicted octanol–water partition coefficient (Wildman–Crippen LogP) is 4.47. The number of carboxylic acids is 1. The van der Waals surface area contributed by atoms with E-state index in [2.05, 4.69) is 4.98 Å². The number of aromatic hydroxyl groups is 1. The third-order valence-corrected chi connectivity index (χ3v) is 5.69. The fourth-order valence-corrected chi connectivity index (χ4v) is 3.98. The van der Waals surface area contributed by atoms with E-state index in [1.54, 1.807) is 25.2 Å². The van der Waals surface area contributed by atoms with Crippen LogP contribution >= 0.6 is 22.9 Å². The number of aliphatic carboxylic acids is 1. The second kappa shape index (κ2) is 9.07. The molecule has 0 aliphatic heterocycles. The maximum atomic E-state index is 13.0. The molecule has 0 spiro atoms. The maximum absolute atomic E-state index is 13.0. The Bertz CT molecular complexity index is 1020. The van der Waals surface area contributed by atoms with E-state index in [-0.39, 0.29) is 24.5 Å². The Labute approximate surface area is 177 Å². The Hall–Kier alpha value is -2.90. The quantitative estimate of drug-likeness (QED) is 0.577. The van der Waals surface area contributed by atoms with Crippen molar-refractivity contribution in [3.05, 3.63) is 64.5 Å². The minimum Gasteiger partial charge on any atom is -0.508 e. The Balaban J connectivity index is 1.81. The molecular formula is C21H19ClN2O4S. The smallest absolute Gasteiger partial charge is 0.304 e. The minimum atomic E-state index is -1.05. The van der Waals surface area contributed by atoms with Crippen LogP contribution in [0.5, 0.6) is 5.75 Å². The van der Waals surface area contributed by atoms with Crippen LogP contribution in [-0.2, 0) is 16.0 Å². The van der Waals surface area contributed by atoms with Crippen LogP contribution in [-0.4, -0.2) is 34.1 Å². The standard InChI is InChI=1S/C21H19ClN2O4S/c1-24(21-23-18(12-29-21)16-4-2-3-5-17(16)22)20(28)14(11-19(26)27)10-13-6-8-15(25)9-7-13/h2-9,12,14,25H,10-11H2,1H3,(H,26,27). The van der Waals surface area contributed by atoms with Crippen LogP contribution in [0.2, 0.25) is 5.02 Å². The van der Waals surface area contributed by atoms with Crippen LogP contribution in [0.15, 0.2) is 53.9 Å². The van der Waals surface area contributed by atoms with Crippen LogP contribution in [0.3, 0.4) is 0 Å². The Morgan fingerprint density at radius 1 is 1.17 bits per heavy atom. The number of halogens is 1. The van der Waals surface area contributed by atoms with E-state index in [4.69, 9.17) is 11.6 Å². The van der Waals surface area contributed by atoms with Crippen LogP contribution in [0.1, 0.15) is 12.0 Å². The molecule has 0 bridgehead atoms. The van der Waals surface area contributed by atoms with Gasteiger partial charge in [0.05, 0.1) is 18.0 Å². The van der Waals surface area contributed by atoms with Crippen molar-refractivity contribution in [3.63, 3.8) is 0 Å². The lowest BCUT2D eigenvalue weighted by Crippen LogP contribution is -2.35. The topological polar surface area (TPSA) is 90.7 Å². The molecule has 29 heavy (non-hydrogen) atoms. The maximum Gasteiger partial charge on any atom is 0.304 e. The number of phenols is 1. The molecule has 2 N–H and O–H groups in total. The van der Waals surface area contributed by atoms with Crippen molar-refractivity contribution >= 4 is 39.9 Å². The van der Waals surface area contributed by atoms with Gasteiger partial charge >= 0.3 is 5.97 Å². The van der Waals surface area contributed by atoms with Gasteiger partial charge in [0.25, 0.3) is 0 Å². The first-order valence-corrected chi connectivity index (χ1v) is 10.1. The zero-order chi connectivity index (χ0) is 21.0. The first-order valence-electron chi connectivity index (χ1n) is 8.83. The molecule has 1 amide bonds. The number of aromatic nitrogens is 1. The SMILES string of the molecule is CN(C(=O)C(CC(=O)O)Cc1ccc(O)cc1)c1nc(-c2ccccc2Cl)cs1. The molecule has 1 unspecified atom stereocenters. The number of amides is 1. The fourth-order valence-electron chi connectivity index (χ4n) is 2.95. The molecule has 0 aliphatic carbocycles. The van der Waals surface area contributed by atoms with Gasteiger partial charge in [-0.2, -0.15) is 0 Å². The highest BCUT2D eigenvalue weighted by atomic mass is 35.5. The number of anilines is 1. The van der Waals surface area contributed by atoms with Gasteiger partial charge in [0.15, 0.2) is 5.13 Å². The summed E-state index contributed by atoms with van der Waals surface area (Å²) >= 11 is 7.51. The van der Waals surface area contributed by atoms with Crippen molar-refractivity contribution in [1.29, 1.82) is 0 Å². The molecule has 1 aromatic heterocycles. The summed E-state index contributed by atoms with van der Waals surface area (Å²) in [4.78, 5) is 30.2. The molecule has 0 saturated heterocycles. The summed E-state index contributed by atoms with van der Waals surface area (Å²) in [7, 11) is 1.59. The third-order valence-electron chi connectivity index (χ3n) is 4.45. The average molecular weight is 431 g/mol. The molecule has 0 fully saturated rings. The Morgan fingerprint density at radius 3 is 2.52 bits per heavy atom. The summed E-state index contributed by atoms with van der Waals surface area (Å²) in [6, 6.07) is 13.7. The van der Waals surface area contributed by atoms with Crippen molar-refractivity contribution in [1.82, 2.24) is 4.98 Å². The van der Waals surface area contributed by atoms with E-state index in [1.165, 1.54) is 28.4 Å². The van der Waals surface area contributed by atoms with Gasteiger partial charge in [-0.1, -0.05) is 41.9 Å². The van der Waals surface area contributed by atoms with Gasteiger partial charge < -0.3 is 10.2 Å². The van der Waals surface area contributed by atoms with Crippen molar-refractivity contribution in [3.8, 4) is 17.0 Å². The van der Waals surface area contributed by atoms with E-state index in [0.717, 1.165) is 11.1 Å². The molecule has 6 nitrogen and oxygen atoms in total. The molecule has 150 valence electrons.